The van der Waals surface area contributed by atoms with Gasteiger partial charge >= 0.3 is 0 Å². The number of nitrogens with zero attached hydrogens (tertiary/aromatic N) is 5. The van der Waals surface area contributed by atoms with Crippen molar-refractivity contribution in [3.05, 3.63) is 35.7 Å². The highest BCUT2D eigenvalue weighted by Gasteiger charge is 2.26. The van der Waals surface area contributed by atoms with Crippen LogP contribution in [-0.4, -0.2) is 39.9 Å². The number of H-pyrrole nitrogens is 1. The number of aromatic nitrogens is 4. The summed E-state index contributed by atoms with van der Waals surface area (Å²) in [5, 5.41) is 16.4. The number of hydrogen-bond acceptors (Lipinski definition) is 6. The van der Waals surface area contributed by atoms with E-state index in [0.29, 0.717) is 24.5 Å². The van der Waals surface area contributed by atoms with Gasteiger partial charge in [0.05, 0.1) is 24.4 Å². The SMILES string of the molecule is CCCc1nc(C2CN(c3ccncc3C#N)CCO2)n[nH]1. The zero-order chi connectivity index (χ0) is 15.4. The van der Waals surface area contributed by atoms with Gasteiger partial charge in [0.15, 0.2) is 5.82 Å². The smallest absolute Gasteiger partial charge is 0.181 e. The number of anilines is 1. The lowest BCUT2D eigenvalue weighted by Gasteiger charge is -2.33. The van der Waals surface area contributed by atoms with E-state index in [0.717, 1.165) is 30.9 Å². The van der Waals surface area contributed by atoms with Crippen molar-refractivity contribution in [3.63, 3.8) is 0 Å². The van der Waals surface area contributed by atoms with Crippen LogP contribution in [0.15, 0.2) is 18.5 Å². The molecule has 0 aromatic carbocycles. The van der Waals surface area contributed by atoms with Crippen LogP contribution in [0.25, 0.3) is 0 Å². The molecule has 1 fully saturated rings. The van der Waals surface area contributed by atoms with Crippen molar-refractivity contribution in [1.82, 2.24) is 20.2 Å². The summed E-state index contributed by atoms with van der Waals surface area (Å²) in [5.74, 6) is 1.57. The van der Waals surface area contributed by atoms with E-state index in [1.165, 1.54) is 0 Å². The molecule has 0 amide bonds. The number of nitriles is 1. The number of rotatable bonds is 4. The van der Waals surface area contributed by atoms with Gasteiger partial charge < -0.3 is 9.64 Å². The maximum Gasteiger partial charge on any atom is 0.181 e. The largest absolute Gasteiger partial charge is 0.366 e. The highest BCUT2D eigenvalue weighted by atomic mass is 16.5. The van der Waals surface area contributed by atoms with E-state index in [1.54, 1.807) is 12.4 Å². The number of ether oxygens (including phenoxy) is 1. The van der Waals surface area contributed by atoms with Crippen LogP contribution in [-0.2, 0) is 11.2 Å². The first-order valence-electron chi connectivity index (χ1n) is 7.43. The van der Waals surface area contributed by atoms with Gasteiger partial charge in [-0.15, -0.1) is 0 Å². The molecule has 0 saturated carbocycles. The summed E-state index contributed by atoms with van der Waals surface area (Å²) in [6, 6.07) is 4.05. The standard InChI is InChI=1S/C15H18N6O/c1-2-3-14-18-15(20-19-14)13-10-21(6-7-22-13)12-4-5-17-9-11(12)8-16/h4-5,9,13H,2-3,6-7,10H2,1H3,(H,18,19,20). The summed E-state index contributed by atoms with van der Waals surface area (Å²) >= 11 is 0. The maximum absolute atomic E-state index is 9.22. The molecule has 3 rings (SSSR count). The Balaban J connectivity index is 1.77. The summed E-state index contributed by atoms with van der Waals surface area (Å²) in [7, 11) is 0. The highest BCUT2D eigenvalue weighted by Crippen LogP contribution is 2.26. The van der Waals surface area contributed by atoms with Gasteiger partial charge in [0, 0.05) is 25.4 Å². The Morgan fingerprint density at radius 3 is 3.27 bits per heavy atom. The molecule has 114 valence electrons. The van der Waals surface area contributed by atoms with Gasteiger partial charge in [-0.3, -0.25) is 10.1 Å². The summed E-state index contributed by atoms with van der Waals surface area (Å²) in [5.41, 5.74) is 1.46. The molecule has 1 atom stereocenters. The van der Waals surface area contributed by atoms with Crippen molar-refractivity contribution in [2.24, 2.45) is 0 Å². The van der Waals surface area contributed by atoms with Crippen molar-refractivity contribution in [2.75, 3.05) is 24.6 Å². The zero-order valence-corrected chi connectivity index (χ0v) is 12.5. The van der Waals surface area contributed by atoms with Crippen LogP contribution >= 0.6 is 0 Å². The molecular weight excluding hydrogens is 280 g/mol. The molecule has 7 nitrogen and oxygen atoms in total. The molecule has 1 unspecified atom stereocenters. The quantitative estimate of drug-likeness (QED) is 0.922. The Morgan fingerprint density at radius 2 is 2.45 bits per heavy atom. The van der Waals surface area contributed by atoms with Gasteiger partial charge in [0.25, 0.3) is 0 Å². The first-order chi connectivity index (χ1) is 10.8. The van der Waals surface area contributed by atoms with E-state index < -0.39 is 0 Å². The number of nitrogens with one attached hydrogen (secondary N) is 1. The molecule has 1 saturated heterocycles. The predicted octanol–water partition coefficient (Wildman–Crippen LogP) is 1.60. The Morgan fingerprint density at radius 1 is 1.55 bits per heavy atom. The average molecular weight is 298 g/mol. The van der Waals surface area contributed by atoms with Crippen molar-refractivity contribution < 1.29 is 4.74 Å². The Hall–Kier alpha value is -2.46. The fraction of sp³-hybridized carbons (Fsp3) is 0.467. The molecule has 2 aromatic rings. The van der Waals surface area contributed by atoms with E-state index in [1.807, 2.05) is 6.07 Å². The van der Waals surface area contributed by atoms with Crippen LogP contribution in [0.4, 0.5) is 5.69 Å². The predicted molar refractivity (Wildman–Crippen MR) is 80.2 cm³/mol. The van der Waals surface area contributed by atoms with Crippen LogP contribution in [0.1, 0.15) is 36.7 Å². The molecule has 1 N–H and O–H groups in total. The molecule has 1 aliphatic rings. The van der Waals surface area contributed by atoms with Crippen molar-refractivity contribution in [1.29, 1.82) is 5.26 Å². The molecule has 0 bridgehead atoms. The molecule has 3 heterocycles. The minimum Gasteiger partial charge on any atom is -0.366 e. The second kappa shape index (κ2) is 6.54. The number of pyridine rings is 1. The number of aromatic amines is 1. The van der Waals surface area contributed by atoms with E-state index in [-0.39, 0.29) is 6.10 Å². The number of hydrogen-bond donors (Lipinski definition) is 1. The number of aryl methyl sites for hydroxylation is 1. The van der Waals surface area contributed by atoms with Gasteiger partial charge in [-0.2, -0.15) is 10.4 Å². The fourth-order valence-electron chi connectivity index (χ4n) is 2.58. The second-order valence-electron chi connectivity index (χ2n) is 5.20. The fourth-order valence-corrected chi connectivity index (χ4v) is 2.58. The van der Waals surface area contributed by atoms with Crippen molar-refractivity contribution in [3.8, 4) is 6.07 Å². The molecule has 2 aromatic heterocycles. The van der Waals surface area contributed by atoms with Gasteiger partial charge in [-0.05, 0) is 12.5 Å². The van der Waals surface area contributed by atoms with Gasteiger partial charge in [0.1, 0.15) is 18.0 Å². The summed E-state index contributed by atoms with van der Waals surface area (Å²) in [6.45, 7) is 4.05. The molecular formula is C15H18N6O. The van der Waals surface area contributed by atoms with E-state index in [4.69, 9.17) is 4.74 Å². The van der Waals surface area contributed by atoms with Crippen LogP contribution in [0.3, 0.4) is 0 Å². The zero-order valence-electron chi connectivity index (χ0n) is 12.5. The van der Waals surface area contributed by atoms with Crippen LogP contribution in [0.5, 0.6) is 0 Å². The van der Waals surface area contributed by atoms with E-state index in [2.05, 4.69) is 38.1 Å². The van der Waals surface area contributed by atoms with Gasteiger partial charge in [-0.25, -0.2) is 4.98 Å². The minimum atomic E-state index is -0.185. The van der Waals surface area contributed by atoms with Gasteiger partial charge in [0.2, 0.25) is 0 Å². The third kappa shape index (κ3) is 2.92. The Kier molecular flexibility index (Phi) is 4.30. The molecule has 0 radical (unpaired) electrons. The van der Waals surface area contributed by atoms with E-state index >= 15 is 0 Å². The lowest BCUT2D eigenvalue weighted by molar-refractivity contribution is 0.0342. The lowest BCUT2D eigenvalue weighted by Crippen LogP contribution is -2.39. The van der Waals surface area contributed by atoms with Gasteiger partial charge in [-0.1, -0.05) is 6.92 Å². The second-order valence-corrected chi connectivity index (χ2v) is 5.20. The Labute approximate surface area is 129 Å². The van der Waals surface area contributed by atoms with Crippen molar-refractivity contribution >= 4 is 5.69 Å². The third-order valence-corrected chi connectivity index (χ3v) is 3.65. The monoisotopic (exact) mass is 298 g/mol. The summed E-state index contributed by atoms with van der Waals surface area (Å²) in [4.78, 5) is 10.6. The lowest BCUT2D eigenvalue weighted by atomic mass is 10.2. The summed E-state index contributed by atoms with van der Waals surface area (Å²) in [6.07, 6.45) is 5.01. The first kappa shape index (κ1) is 14.5. The normalized spacial score (nSPS) is 18.2. The molecule has 0 aliphatic carbocycles. The highest BCUT2D eigenvalue weighted by molar-refractivity contribution is 5.58. The van der Waals surface area contributed by atoms with Crippen LogP contribution in [0.2, 0.25) is 0 Å². The third-order valence-electron chi connectivity index (χ3n) is 3.65. The van der Waals surface area contributed by atoms with Crippen molar-refractivity contribution in [2.45, 2.75) is 25.9 Å². The van der Waals surface area contributed by atoms with Crippen LogP contribution < -0.4 is 4.90 Å². The molecule has 0 spiro atoms. The molecule has 7 heteroatoms. The van der Waals surface area contributed by atoms with Crippen LogP contribution in [0, 0.1) is 11.3 Å². The maximum atomic E-state index is 9.22. The average Bonchev–Trinajstić information content (AvgIpc) is 3.04. The minimum absolute atomic E-state index is 0.185. The number of morpholine rings is 1. The summed E-state index contributed by atoms with van der Waals surface area (Å²) < 4.78 is 5.80. The molecule has 22 heavy (non-hydrogen) atoms. The first-order valence-corrected chi connectivity index (χ1v) is 7.43. The topological polar surface area (TPSA) is 90.7 Å². The molecule has 1 aliphatic heterocycles. The Bertz CT molecular complexity index is 677. The van der Waals surface area contributed by atoms with E-state index in [9.17, 15) is 5.26 Å².